The number of amides is 2. The number of hydrogen-bond acceptors (Lipinski definition) is 5. The molecule has 7 heteroatoms. The van der Waals surface area contributed by atoms with Gasteiger partial charge in [0.05, 0.1) is 12.7 Å². The van der Waals surface area contributed by atoms with Crippen LogP contribution in [0.15, 0.2) is 18.2 Å². The number of methoxy groups -OCH3 is 1. The van der Waals surface area contributed by atoms with E-state index in [1.165, 1.54) is 7.11 Å². The monoisotopic (exact) mass is 336 g/mol. The summed E-state index contributed by atoms with van der Waals surface area (Å²) in [6.45, 7) is 2.73. The normalized spacial score (nSPS) is 16.5. The molecule has 0 aliphatic carbocycles. The molecule has 3 N–H and O–H groups in total. The fourth-order valence-electron chi connectivity index (χ4n) is 2.73. The van der Waals surface area contributed by atoms with Gasteiger partial charge in [-0.05, 0) is 37.5 Å². The molecule has 2 rings (SSSR count). The quantitative estimate of drug-likeness (QED) is 0.805. The van der Waals surface area contributed by atoms with Crippen LogP contribution in [0, 0.1) is 0 Å². The van der Waals surface area contributed by atoms with Gasteiger partial charge in [0, 0.05) is 18.7 Å². The largest absolute Gasteiger partial charge is 0.493 e. The first-order valence-electron chi connectivity index (χ1n) is 7.99. The fourth-order valence-corrected chi connectivity index (χ4v) is 2.73. The molecule has 0 saturated carbocycles. The number of hydrogen-bond donors (Lipinski definition) is 2. The van der Waals surface area contributed by atoms with Gasteiger partial charge in [0.1, 0.15) is 0 Å². The number of carbonyl (C=O) groups excluding carboxylic acids is 2. The average Bonchev–Trinajstić information content (AvgIpc) is 2.59. The van der Waals surface area contributed by atoms with Gasteiger partial charge < -0.3 is 25.2 Å². The van der Waals surface area contributed by atoms with Crippen molar-refractivity contribution in [2.45, 2.75) is 31.8 Å². The summed E-state index contributed by atoms with van der Waals surface area (Å²) in [5, 5.41) is 10.3. The van der Waals surface area contributed by atoms with Gasteiger partial charge in [-0.25, -0.2) is 0 Å². The smallest absolute Gasteiger partial charge is 0.255 e. The number of benzene rings is 1. The average molecular weight is 336 g/mol. The van der Waals surface area contributed by atoms with E-state index < -0.39 is 11.5 Å². The number of ether oxygens (including phenoxy) is 2. The zero-order chi connectivity index (χ0) is 17.7. The first-order chi connectivity index (χ1) is 11.4. The van der Waals surface area contributed by atoms with E-state index >= 15 is 0 Å². The second kappa shape index (κ2) is 7.53. The number of nitrogens with zero attached hydrogens (tertiary/aromatic N) is 1. The van der Waals surface area contributed by atoms with Crippen molar-refractivity contribution in [3.05, 3.63) is 23.8 Å². The Morgan fingerprint density at radius 3 is 2.50 bits per heavy atom. The second-order valence-electron chi connectivity index (χ2n) is 5.99. The molecule has 1 aliphatic rings. The molecule has 1 aromatic rings. The lowest BCUT2D eigenvalue weighted by Gasteiger charge is -2.37. The summed E-state index contributed by atoms with van der Waals surface area (Å²) in [6, 6.07) is 4.79. The third-order valence-corrected chi connectivity index (χ3v) is 4.42. The molecule has 24 heavy (non-hydrogen) atoms. The molecule has 1 aliphatic heterocycles. The van der Waals surface area contributed by atoms with Crippen LogP contribution in [0.2, 0.25) is 0 Å². The third-order valence-electron chi connectivity index (χ3n) is 4.42. The summed E-state index contributed by atoms with van der Waals surface area (Å²) in [4.78, 5) is 25.1. The molecule has 0 atom stereocenters. The lowest BCUT2D eigenvalue weighted by Crippen LogP contribution is -2.46. The van der Waals surface area contributed by atoms with Crippen LogP contribution in [0.5, 0.6) is 11.5 Å². The number of nitrogens with two attached hydrogens (primary N) is 1. The Labute approximate surface area is 141 Å². The van der Waals surface area contributed by atoms with Crippen molar-refractivity contribution >= 4 is 11.8 Å². The molecule has 0 spiro atoms. The predicted molar refractivity (Wildman–Crippen MR) is 88.1 cm³/mol. The van der Waals surface area contributed by atoms with Crippen molar-refractivity contribution in [3.63, 3.8) is 0 Å². The van der Waals surface area contributed by atoms with Gasteiger partial charge in [0.15, 0.2) is 18.1 Å². The summed E-state index contributed by atoms with van der Waals surface area (Å²) in [7, 11) is 1.46. The first-order valence-corrected chi connectivity index (χ1v) is 7.99. The van der Waals surface area contributed by atoms with Crippen LogP contribution in [0.4, 0.5) is 0 Å². The van der Waals surface area contributed by atoms with Gasteiger partial charge in [-0.1, -0.05) is 6.92 Å². The van der Waals surface area contributed by atoms with Crippen molar-refractivity contribution in [1.29, 1.82) is 0 Å². The molecule has 0 unspecified atom stereocenters. The number of rotatable bonds is 6. The first kappa shape index (κ1) is 18.1. The van der Waals surface area contributed by atoms with Gasteiger partial charge in [-0.2, -0.15) is 0 Å². The maximum atomic E-state index is 12.6. The molecule has 1 fully saturated rings. The number of piperidine rings is 1. The van der Waals surface area contributed by atoms with Crippen LogP contribution in [-0.2, 0) is 4.79 Å². The van der Waals surface area contributed by atoms with Gasteiger partial charge in [0.25, 0.3) is 11.8 Å². The highest BCUT2D eigenvalue weighted by molar-refractivity contribution is 5.95. The Morgan fingerprint density at radius 2 is 1.96 bits per heavy atom. The van der Waals surface area contributed by atoms with Gasteiger partial charge >= 0.3 is 0 Å². The lowest BCUT2D eigenvalue weighted by atomic mass is 9.89. The fraction of sp³-hybridized carbons (Fsp3) is 0.529. The highest BCUT2D eigenvalue weighted by Crippen LogP contribution is 2.30. The highest BCUT2D eigenvalue weighted by Gasteiger charge is 2.32. The number of carbonyl (C=O) groups is 2. The second-order valence-corrected chi connectivity index (χ2v) is 5.99. The SMILES string of the molecule is CCC1(O)CCN(C(=O)c2ccc(OCC(N)=O)c(OC)c2)CC1. The molecule has 0 bridgehead atoms. The molecule has 132 valence electrons. The summed E-state index contributed by atoms with van der Waals surface area (Å²) >= 11 is 0. The number of aliphatic hydroxyl groups is 1. The predicted octanol–water partition coefficient (Wildman–Crippen LogP) is 0.936. The summed E-state index contributed by atoms with van der Waals surface area (Å²) in [6.07, 6.45) is 1.84. The van der Waals surface area contributed by atoms with E-state index in [0.717, 1.165) is 0 Å². The zero-order valence-corrected chi connectivity index (χ0v) is 14.1. The molecule has 7 nitrogen and oxygen atoms in total. The van der Waals surface area contributed by atoms with E-state index in [9.17, 15) is 14.7 Å². The molecule has 1 saturated heterocycles. The van der Waals surface area contributed by atoms with Crippen molar-refractivity contribution in [1.82, 2.24) is 4.90 Å². The van der Waals surface area contributed by atoms with E-state index in [2.05, 4.69) is 0 Å². The van der Waals surface area contributed by atoms with Crippen LogP contribution in [0.3, 0.4) is 0 Å². The molecular formula is C17H24N2O5. The van der Waals surface area contributed by atoms with Gasteiger partial charge in [-0.3, -0.25) is 9.59 Å². The summed E-state index contributed by atoms with van der Waals surface area (Å²) in [5.74, 6) is 0.0119. The van der Waals surface area contributed by atoms with Crippen molar-refractivity contribution in [3.8, 4) is 11.5 Å². The van der Waals surface area contributed by atoms with E-state index in [4.69, 9.17) is 15.2 Å². The summed E-state index contributed by atoms with van der Waals surface area (Å²) in [5.41, 5.74) is 4.86. The standard InChI is InChI=1S/C17H24N2O5/c1-3-17(22)6-8-19(9-7-17)16(21)12-4-5-13(14(10-12)23-2)24-11-15(18)20/h4-5,10,22H,3,6-9,11H2,1-2H3,(H2,18,20). The van der Waals surface area contributed by atoms with Crippen LogP contribution in [0.1, 0.15) is 36.5 Å². The Kier molecular flexibility index (Phi) is 5.66. The third kappa shape index (κ3) is 4.17. The van der Waals surface area contributed by atoms with Gasteiger partial charge in [0.2, 0.25) is 0 Å². The van der Waals surface area contributed by atoms with E-state index in [-0.39, 0.29) is 12.5 Å². The molecule has 1 aromatic carbocycles. The van der Waals surface area contributed by atoms with Crippen molar-refractivity contribution in [2.75, 3.05) is 26.8 Å². The minimum Gasteiger partial charge on any atom is -0.493 e. The Morgan fingerprint density at radius 1 is 1.29 bits per heavy atom. The van der Waals surface area contributed by atoms with Gasteiger partial charge in [-0.15, -0.1) is 0 Å². The topological polar surface area (TPSA) is 102 Å². The Balaban J connectivity index is 2.09. The molecule has 2 amide bonds. The molecule has 0 radical (unpaired) electrons. The van der Waals surface area contributed by atoms with Crippen LogP contribution in [-0.4, -0.2) is 54.2 Å². The van der Waals surface area contributed by atoms with E-state index in [1.54, 1.807) is 23.1 Å². The molecule has 1 heterocycles. The molecule has 0 aromatic heterocycles. The minimum atomic E-state index is -0.666. The summed E-state index contributed by atoms with van der Waals surface area (Å²) < 4.78 is 10.5. The lowest BCUT2D eigenvalue weighted by molar-refractivity contribution is -0.119. The molecular weight excluding hydrogens is 312 g/mol. The van der Waals surface area contributed by atoms with E-state index in [1.807, 2.05) is 6.92 Å². The Hall–Kier alpha value is -2.28. The number of primary amides is 1. The van der Waals surface area contributed by atoms with E-state index in [0.29, 0.717) is 49.4 Å². The minimum absolute atomic E-state index is 0.118. The van der Waals surface area contributed by atoms with Crippen molar-refractivity contribution in [2.24, 2.45) is 5.73 Å². The van der Waals surface area contributed by atoms with Crippen molar-refractivity contribution < 1.29 is 24.2 Å². The highest BCUT2D eigenvalue weighted by atomic mass is 16.5. The zero-order valence-electron chi connectivity index (χ0n) is 14.1. The maximum absolute atomic E-state index is 12.6. The van der Waals surface area contributed by atoms with Crippen LogP contribution < -0.4 is 15.2 Å². The number of likely N-dealkylation sites (tertiary alicyclic amines) is 1. The van der Waals surface area contributed by atoms with Crippen LogP contribution in [0.25, 0.3) is 0 Å². The maximum Gasteiger partial charge on any atom is 0.255 e. The van der Waals surface area contributed by atoms with Crippen LogP contribution >= 0.6 is 0 Å². The Bertz CT molecular complexity index is 609.